The molecular weight excluding hydrogens is 387 g/mol. The van der Waals surface area contributed by atoms with Crippen molar-refractivity contribution in [2.45, 2.75) is 105 Å². The number of hydrogen-bond donors (Lipinski definition) is 4. The van der Waals surface area contributed by atoms with Crippen LogP contribution in [0.4, 0.5) is 0 Å². The first-order valence-corrected chi connectivity index (χ1v) is 6.89. The SMILES string of the molecule is CC(C)(C)O.CC(C)(C)O.CC(C)(C)O.CC(C)(C)O.[Zn].[Zn]. The minimum atomic E-state index is -0.500. The number of rotatable bonds is 0. The van der Waals surface area contributed by atoms with Gasteiger partial charge in [-0.1, -0.05) is 0 Å². The Kier molecular flexibility index (Phi) is 27.4. The second-order valence-electron chi connectivity index (χ2n) is 8.68. The van der Waals surface area contributed by atoms with Crippen LogP contribution in [0.1, 0.15) is 83.1 Å². The van der Waals surface area contributed by atoms with Gasteiger partial charge in [0.25, 0.3) is 0 Å². The van der Waals surface area contributed by atoms with E-state index in [9.17, 15) is 0 Å². The van der Waals surface area contributed by atoms with Crippen LogP contribution in [0.5, 0.6) is 0 Å². The molecule has 0 bridgehead atoms. The van der Waals surface area contributed by atoms with E-state index < -0.39 is 22.4 Å². The van der Waals surface area contributed by atoms with E-state index in [1.54, 1.807) is 83.1 Å². The summed E-state index contributed by atoms with van der Waals surface area (Å²) >= 11 is 0. The summed E-state index contributed by atoms with van der Waals surface area (Å²) in [6.45, 7) is 20.9. The Hall–Kier alpha value is 1.09. The summed E-state index contributed by atoms with van der Waals surface area (Å²) in [5, 5.41) is 34.1. The molecule has 0 unspecified atom stereocenters. The summed E-state index contributed by atoms with van der Waals surface area (Å²) in [5.74, 6) is 0. The molecule has 4 nitrogen and oxygen atoms in total. The number of hydrogen-bond acceptors (Lipinski definition) is 4. The van der Waals surface area contributed by atoms with Gasteiger partial charge >= 0.3 is 0 Å². The molecule has 0 atom stereocenters. The predicted octanol–water partition coefficient (Wildman–Crippen LogP) is 3.10. The maximum Gasteiger partial charge on any atom is 0.0563 e. The molecule has 0 aromatic carbocycles. The topological polar surface area (TPSA) is 80.9 Å². The maximum atomic E-state index is 8.52. The Bertz CT molecular complexity index is 134. The largest absolute Gasteiger partial charge is 0.391 e. The maximum absolute atomic E-state index is 8.52. The van der Waals surface area contributed by atoms with E-state index in [2.05, 4.69) is 0 Å². The summed E-state index contributed by atoms with van der Waals surface area (Å²) in [6.07, 6.45) is 0. The van der Waals surface area contributed by atoms with Crippen molar-refractivity contribution in [2.24, 2.45) is 0 Å². The Labute approximate surface area is 164 Å². The Morgan fingerprint density at radius 2 is 0.318 bits per heavy atom. The molecule has 0 rings (SSSR count). The molecule has 22 heavy (non-hydrogen) atoms. The molecule has 0 fully saturated rings. The van der Waals surface area contributed by atoms with Gasteiger partial charge < -0.3 is 20.4 Å². The van der Waals surface area contributed by atoms with Crippen LogP contribution in [-0.2, 0) is 39.0 Å². The monoisotopic (exact) mass is 424 g/mol. The summed E-state index contributed by atoms with van der Waals surface area (Å²) in [6, 6.07) is 0. The molecule has 0 aromatic rings. The average molecular weight is 427 g/mol. The molecule has 0 radical (unpaired) electrons. The first-order valence-electron chi connectivity index (χ1n) is 6.89. The molecule has 0 amide bonds. The Balaban J connectivity index is -0.0000000376. The van der Waals surface area contributed by atoms with Crippen molar-refractivity contribution >= 4 is 0 Å². The van der Waals surface area contributed by atoms with E-state index in [4.69, 9.17) is 20.4 Å². The summed E-state index contributed by atoms with van der Waals surface area (Å²) in [4.78, 5) is 0. The van der Waals surface area contributed by atoms with Gasteiger partial charge in [0.05, 0.1) is 22.4 Å². The molecule has 0 aliphatic heterocycles. The van der Waals surface area contributed by atoms with Gasteiger partial charge in [-0.05, 0) is 83.1 Å². The van der Waals surface area contributed by atoms with Crippen LogP contribution >= 0.6 is 0 Å². The van der Waals surface area contributed by atoms with E-state index >= 15 is 0 Å². The predicted molar refractivity (Wildman–Crippen MR) is 87.9 cm³/mol. The van der Waals surface area contributed by atoms with Crippen LogP contribution in [0.15, 0.2) is 0 Å². The van der Waals surface area contributed by atoms with Crippen molar-refractivity contribution in [2.75, 3.05) is 0 Å². The Morgan fingerprint density at radius 1 is 0.318 bits per heavy atom. The van der Waals surface area contributed by atoms with Gasteiger partial charge in [0.15, 0.2) is 0 Å². The van der Waals surface area contributed by atoms with Crippen molar-refractivity contribution in [1.29, 1.82) is 0 Å². The van der Waals surface area contributed by atoms with Crippen molar-refractivity contribution in [3.8, 4) is 0 Å². The zero-order valence-corrected chi connectivity index (χ0v) is 23.1. The first-order chi connectivity index (χ1) is 8.00. The minimum absolute atomic E-state index is 0. The van der Waals surface area contributed by atoms with E-state index in [0.29, 0.717) is 0 Å². The van der Waals surface area contributed by atoms with Crippen molar-refractivity contribution in [3.63, 3.8) is 0 Å². The zero-order valence-electron chi connectivity index (χ0n) is 17.2. The van der Waals surface area contributed by atoms with Crippen LogP contribution in [0, 0.1) is 0 Å². The molecule has 0 saturated carbocycles. The quantitative estimate of drug-likeness (QED) is 0.448. The molecule has 132 valence electrons. The standard InChI is InChI=1S/4C4H10O.2Zn/c4*1-4(2,3)5;;/h4*5H,1-3H3;;. The Morgan fingerprint density at radius 3 is 0.318 bits per heavy atom. The molecule has 0 aliphatic rings. The third-order valence-electron chi connectivity index (χ3n) is 0. The fraction of sp³-hybridized carbons (Fsp3) is 1.00. The van der Waals surface area contributed by atoms with Gasteiger partial charge in [-0.15, -0.1) is 0 Å². The van der Waals surface area contributed by atoms with Crippen LogP contribution < -0.4 is 0 Å². The molecule has 0 spiro atoms. The zero-order chi connectivity index (χ0) is 18.0. The number of aliphatic hydroxyl groups is 4. The summed E-state index contributed by atoms with van der Waals surface area (Å²) in [7, 11) is 0. The fourth-order valence-corrected chi connectivity index (χ4v) is 0. The van der Waals surface area contributed by atoms with Gasteiger partial charge in [0.2, 0.25) is 0 Å². The van der Waals surface area contributed by atoms with Crippen molar-refractivity contribution in [3.05, 3.63) is 0 Å². The van der Waals surface area contributed by atoms with E-state index in [1.807, 2.05) is 0 Å². The molecule has 0 heterocycles. The second-order valence-corrected chi connectivity index (χ2v) is 8.68. The third kappa shape index (κ3) is 7200. The fourth-order valence-electron chi connectivity index (χ4n) is 0. The first kappa shape index (κ1) is 38.6. The minimum Gasteiger partial charge on any atom is -0.391 e. The second kappa shape index (κ2) is 15.6. The molecule has 0 aromatic heterocycles. The third-order valence-corrected chi connectivity index (χ3v) is 0. The van der Waals surface area contributed by atoms with Gasteiger partial charge in [0.1, 0.15) is 0 Å². The van der Waals surface area contributed by atoms with Crippen LogP contribution in [0.2, 0.25) is 0 Å². The summed E-state index contributed by atoms with van der Waals surface area (Å²) < 4.78 is 0. The van der Waals surface area contributed by atoms with Crippen molar-refractivity contribution in [1.82, 2.24) is 0 Å². The van der Waals surface area contributed by atoms with E-state index in [0.717, 1.165) is 0 Å². The average Bonchev–Trinajstić information content (AvgIpc) is 1.62. The smallest absolute Gasteiger partial charge is 0.0563 e. The van der Waals surface area contributed by atoms with Gasteiger partial charge in [-0.25, -0.2) is 0 Å². The molecule has 6 heteroatoms. The van der Waals surface area contributed by atoms with Crippen LogP contribution in [0.3, 0.4) is 0 Å². The van der Waals surface area contributed by atoms with Crippen LogP contribution in [0.25, 0.3) is 0 Å². The molecule has 0 aliphatic carbocycles. The van der Waals surface area contributed by atoms with Crippen molar-refractivity contribution < 1.29 is 59.4 Å². The normalized spacial score (nSPS) is 10.9. The van der Waals surface area contributed by atoms with Gasteiger partial charge in [-0.2, -0.15) is 0 Å². The van der Waals surface area contributed by atoms with Gasteiger partial charge in [0, 0.05) is 39.0 Å². The van der Waals surface area contributed by atoms with Crippen LogP contribution in [-0.4, -0.2) is 42.8 Å². The summed E-state index contributed by atoms with van der Waals surface area (Å²) in [5.41, 5.74) is -2.00. The molecular formula is C16H40O4Zn2. The molecule has 4 N–H and O–H groups in total. The molecule has 0 saturated heterocycles. The van der Waals surface area contributed by atoms with E-state index in [1.165, 1.54) is 0 Å². The van der Waals surface area contributed by atoms with Gasteiger partial charge in [-0.3, -0.25) is 0 Å². The van der Waals surface area contributed by atoms with E-state index in [-0.39, 0.29) is 39.0 Å².